The second-order valence-corrected chi connectivity index (χ2v) is 21.8. The van der Waals surface area contributed by atoms with Gasteiger partial charge in [-0.2, -0.15) is 19.9 Å². The molecule has 4 fully saturated rings. The number of anilines is 4. The van der Waals surface area contributed by atoms with Crippen molar-refractivity contribution in [1.29, 1.82) is 0 Å². The van der Waals surface area contributed by atoms with Crippen LogP contribution in [0.25, 0.3) is 44.6 Å². The lowest BCUT2D eigenvalue weighted by Crippen LogP contribution is -2.53. The molecule has 22 heteroatoms. The highest BCUT2D eigenvalue weighted by atomic mass is 32.2. The van der Waals surface area contributed by atoms with Crippen LogP contribution in [-0.2, 0) is 40.5 Å². The summed E-state index contributed by atoms with van der Waals surface area (Å²) in [7, 11) is 1.51. The molecule has 4 saturated heterocycles. The van der Waals surface area contributed by atoms with Crippen LogP contribution in [0.5, 0.6) is 0 Å². The van der Waals surface area contributed by atoms with Crippen molar-refractivity contribution in [2.75, 3.05) is 124 Å². The van der Waals surface area contributed by atoms with Gasteiger partial charge in [-0.1, -0.05) is 38.1 Å². The summed E-state index contributed by atoms with van der Waals surface area (Å²) in [4.78, 5) is 56.0. The van der Waals surface area contributed by atoms with E-state index in [0.717, 1.165) is 63.2 Å². The Kier molecular flexibility index (Phi) is 20.5. The molecule has 0 aliphatic carbocycles. The Morgan fingerprint density at radius 2 is 1.04 bits per heavy atom. The third-order valence-corrected chi connectivity index (χ3v) is 16.1. The first-order chi connectivity index (χ1) is 36.7. The van der Waals surface area contributed by atoms with E-state index in [1.54, 1.807) is 38.4 Å². The minimum atomic E-state index is -0.846. The number of nitrogens with zero attached hydrogens (tertiary/aromatic N) is 8. The van der Waals surface area contributed by atoms with Crippen LogP contribution in [0, 0.1) is 0 Å². The molecule has 8 heterocycles. The summed E-state index contributed by atoms with van der Waals surface area (Å²) >= 11 is 0. The lowest BCUT2D eigenvalue weighted by atomic mass is 10.0. The van der Waals surface area contributed by atoms with Gasteiger partial charge in [0, 0.05) is 109 Å². The first kappa shape index (κ1) is 57.4. The number of carbonyl (C=O) groups is 2. The van der Waals surface area contributed by atoms with Gasteiger partial charge in [0.25, 0.3) is 11.8 Å². The highest BCUT2D eigenvalue weighted by Gasteiger charge is 2.44. The molecular weight excluding hydrogens is 1010 g/mol. The number of nitrogen functional groups attached to an aromatic ring is 2. The van der Waals surface area contributed by atoms with Gasteiger partial charge in [0.05, 0.1) is 71.2 Å². The molecule has 4 atom stereocenters. The van der Waals surface area contributed by atoms with Crippen LogP contribution in [0.3, 0.4) is 0 Å². The summed E-state index contributed by atoms with van der Waals surface area (Å²) in [5.74, 6) is 3.80. The molecule has 20 nitrogen and oxygen atoms in total. The standard InChI is InChI=1S/2C22H24N6O3S.2C5H12O/c2*1-24-20(29)15-4-2-3-14(11-15)17-6-5-16-18(23)26-21(27-19(16)25-17)28-8-9-31-22(12-28)7-10-32(30)13-22;2*1-3-5-6-4-2/h2*2-6,11H,7-10,12-13H2,1H3,(H,24,29)(H2,23,25,26,27);2*3-5H2,1-2H3/t2*22-,32?;;/m10../s1. The Bertz CT molecular complexity index is 2800. The molecule has 6 N–H and O–H groups in total. The van der Waals surface area contributed by atoms with E-state index in [1.165, 1.54) is 0 Å². The molecule has 10 rings (SSSR count). The quantitative estimate of drug-likeness (QED) is 0.109. The maximum atomic E-state index is 12.0. The van der Waals surface area contributed by atoms with Gasteiger partial charge < -0.3 is 50.8 Å². The molecule has 4 aliphatic heterocycles. The molecule has 76 heavy (non-hydrogen) atoms. The number of benzene rings is 2. The third-order valence-electron chi connectivity index (χ3n) is 13.0. The number of carbonyl (C=O) groups excluding carboxylic acids is 2. The zero-order valence-corrected chi connectivity index (χ0v) is 46.1. The molecule has 4 aromatic heterocycles. The number of aromatic nitrogens is 6. The van der Waals surface area contributed by atoms with E-state index in [2.05, 4.69) is 34.4 Å². The molecule has 2 amide bonds. The minimum Gasteiger partial charge on any atom is -0.383 e. The first-order valence-electron chi connectivity index (χ1n) is 25.9. The Morgan fingerprint density at radius 1 is 0.618 bits per heavy atom. The smallest absolute Gasteiger partial charge is 0.251 e. The molecule has 0 bridgehead atoms. The summed E-state index contributed by atoms with van der Waals surface area (Å²) in [6.07, 6.45) is 3.80. The molecule has 2 unspecified atom stereocenters. The van der Waals surface area contributed by atoms with Gasteiger partial charge in [-0.15, -0.1) is 0 Å². The van der Waals surface area contributed by atoms with E-state index in [4.69, 9.17) is 50.4 Å². The fraction of sp³-hybridized carbons (Fsp3) is 0.481. The number of fused-ring (bicyclic) bond motifs is 2. The molecule has 2 spiro atoms. The summed E-state index contributed by atoms with van der Waals surface area (Å²) in [6, 6.07) is 22.0. The van der Waals surface area contributed by atoms with Gasteiger partial charge in [-0.3, -0.25) is 18.0 Å². The first-order valence-corrected chi connectivity index (χ1v) is 28.9. The van der Waals surface area contributed by atoms with Gasteiger partial charge in [0.15, 0.2) is 11.3 Å². The third kappa shape index (κ3) is 14.6. The largest absolute Gasteiger partial charge is 0.383 e. The van der Waals surface area contributed by atoms with E-state index in [0.29, 0.717) is 131 Å². The number of morpholine rings is 2. The molecule has 4 aliphatic rings. The fourth-order valence-corrected chi connectivity index (χ4v) is 12.4. The second kappa shape index (κ2) is 27.1. The average molecular weight is 1080 g/mol. The van der Waals surface area contributed by atoms with Gasteiger partial charge in [-0.25, -0.2) is 9.97 Å². The SMILES string of the molecule is CCCOCC.CCCOCC.CNC(=O)c1cccc(-c2ccc3c(N)nc(N4CCO[C@@]5(CCS(=O)C5)C4)nc3n2)c1.CNC(=O)c1cccc(-c2ccc3c(N)nc(N4CCO[C@]5(CCS(=O)C5)C4)nc3n2)c1. The lowest BCUT2D eigenvalue weighted by molar-refractivity contribution is -0.0364. The van der Waals surface area contributed by atoms with E-state index in [9.17, 15) is 18.0 Å². The molecule has 6 aromatic rings. The summed E-state index contributed by atoms with van der Waals surface area (Å²) in [5.41, 5.74) is 16.8. The van der Waals surface area contributed by atoms with Crippen molar-refractivity contribution >= 4 is 79.0 Å². The van der Waals surface area contributed by atoms with Gasteiger partial charge in [-0.05, 0) is 88.1 Å². The van der Waals surface area contributed by atoms with Gasteiger partial charge >= 0.3 is 0 Å². The molecule has 0 saturated carbocycles. The van der Waals surface area contributed by atoms with Crippen molar-refractivity contribution in [3.05, 3.63) is 83.9 Å². The van der Waals surface area contributed by atoms with Crippen molar-refractivity contribution in [2.24, 2.45) is 0 Å². The number of nitrogens with two attached hydrogens (primary N) is 2. The molecular formula is C54H72N12O8S2. The van der Waals surface area contributed by atoms with Crippen molar-refractivity contribution in [1.82, 2.24) is 40.5 Å². The topological polar surface area (TPSA) is 265 Å². The Hall–Kier alpha value is -6.30. The van der Waals surface area contributed by atoms with Crippen molar-refractivity contribution in [2.45, 2.75) is 64.6 Å². The normalized spacial score (nSPS) is 20.8. The lowest BCUT2D eigenvalue weighted by Gasteiger charge is -2.39. The van der Waals surface area contributed by atoms with Crippen LogP contribution < -0.4 is 31.9 Å². The Balaban J connectivity index is 0.000000182. The number of hydrogen-bond donors (Lipinski definition) is 4. The molecule has 0 radical (unpaired) electrons. The maximum Gasteiger partial charge on any atom is 0.251 e. The highest BCUT2D eigenvalue weighted by molar-refractivity contribution is 7.85. The number of hydrogen-bond acceptors (Lipinski definition) is 18. The predicted molar refractivity (Wildman–Crippen MR) is 301 cm³/mol. The van der Waals surface area contributed by atoms with Crippen molar-refractivity contribution < 1.29 is 37.0 Å². The zero-order chi connectivity index (χ0) is 54.2. The van der Waals surface area contributed by atoms with Crippen LogP contribution >= 0.6 is 0 Å². The Labute approximate surface area is 449 Å². The monoisotopic (exact) mass is 1080 g/mol. The highest BCUT2D eigenvalue weighted by Crippen LogP contribution is 2.34. The van der Waals surface area contributed by atoms with Crippen LogP contribution in [0.2, 0.25) is 0 Å². The van der Waals surface area contributed by atoms with E-state index < -0.39 is 32.8 Å². The number of ether oxygens (including phenoxy) is 4. The Morgan fingerprint density at radius 3 is 1.38 bits per heavy atom. The van der Waals surface area contributed by atoms with E-state index in [1.807, 2.05) is 72.2 Å². The van der Waals surface area contributed by atoms with E-state index in [-0.39, 0.29) is 11.8 Å². The number of pyridine rings is 2. The van der Waals surface area contributed by atoms with Crippen LogP contribution in [0.1, 0.15) is 74.1 Å². The van der Waals surface area contributed by atoms with Crippen LogP contribution in [0.4, 0.5) is 23.5 Å². The number of nitrogens with one attached hydrogen (secondary N) is 2. The van der Waals surface area contributed by atoms with E-state index >= 15 is 0 Å². The maximum absolute atomic E-state index is 12.0. The molecule has 408 valence electrons. The van der Waals surface area contributed by atoms with Crippen molar-refractivity contribution in [3.8, 4) is 22.5 Å². The summed E-state index contributed by atoms with van der Waals surface area (Å²) in [5, 5.41) is 6.61. The zero-order valence-electron chi connectivity index (χ0n) is 44.5. The summed E-state index contributed by atoms with van der Waals surface area (Å²) in [6.45, 7) is 15.2. The number of rotatable bonds is 12. The van der Waals surface area contributed by atoms with Crippen molar-refractivity contribution in [3.63, 3.8) is 0 Å². The fourth-order valence-electron chi connectivity index (χ4n) is 9.14. The molecule has 2 aromatic carbocycles. The van der Waals surface area contributed by atoms with Gasteiger partial charge in [0.2, 0.25) is 11.9 Å². The van der Waals surface area contributed by atoms with Gasteiger partial charge in [0.1, 0.15) is 11.6 Å². The minimum absolute atomic E-state index is 0.157. The van der Waals surface area contributed by atoms with Crippen LogP contribution in [0.15, 0.2) is 72.8 Å². The van der Waals surface area contributed by atoms with Crippen LogP contribution in [-0.4, -0.2) is 164 Å². The summed E-state index contributed by atoms with van der Waals surface area (Å²) < 4.78 is 45.9. The average Bonchev–Trinajstić information content (AvgIpc) is 4.02. The predicted octanol–water partition coefficient (Wildman–Crippen LogP) is 5.59. The number of amides is 2. The second-order valence-electron chi connectivity index (χ2n) is 18.6.